The van der Waals surface area contributed by atoms with Crippen LogP contribution in [0.25, 0.3) is 0 Å². The van der Waals surface area contributed by atoms with Gasteiger partial charge in [0.05, 0.1) is 11.6 Å². The molecule has 1 fully saturated rings. The van der Waals surface area contributed by atoms with E-state index < -0.39 is 0 Å². The van der Waals surface area contributed by atoms with Crippen molar-refractivity contribution in [1.82, 2.24) is 0 Å². The molecule has 0 aromatic heterocycles. The summed E-state index contributed by atoms with van der Waals surface area (Å²) < 4.78 is 0. The maximum absolute atomic E-state index is 8.88. The second-order valence-corrected chi connectivity index (χ2v) is 4.38. The lowest BCUT2D eigenvalue weighted by molar-refractivity contribution is 0.453. The summed E-state index contributed by atoms with van der Waals surface area (Å²) in [4.78, 5) is 0. The van der Waals surface area contributed by atoms with Crippen molar-refractivity contribution in [1.29, 1.82) is 5.26 Å². The van der Waals surface area contributed by atoms with E-state index in [9.17, 15) is 0 Å². The minimum Gasteiger partial charge on any atom is -0.330 e. The Hall–Kier alpha value is -1.33. The highest BCUT2D eigenvalue weighted by molar-refractivity contribution is 5.37. The molecule has 0 unspecified atom stereocenters. The smallest absolute Gasteiger partial charge is 0.0991 e. The number of rotatable bonds is 2. The van der Waals surface area contributed by atoms with Crippen LogP contribution in [0.5, 0.6) is 0 Å². The highest BCUT2D eigenvalue weighted by atomic mass is 14.6. The Labute approximate surface area is 90.7 Å². The van der Waals surface area contributed by atoms with E-state index in [2.05, 4.69) is 12.1 Å². The second kappa shape index (κ2) is 4.04. The number of nitrogens with zero attached hydrogens (tertiary/aromatic N) is 1. The molecule has 78 valence electrons. The van der Waals surface area contributed by atoms with E-state index in [1.807, 2.05) is 18.2 Å². The van der Waals surface area contributed by atoms with Crippen molar-refractivity contribution in [2.24, 2.45) is 5.73 Å². The zero-order valence-electron chi connectivity index (χ0n) is 8.87. The number of nitrogens with two attached hydrogens (primary N) is 1. The number of hydrogen-bond acceptors (Lipinski definition) is 2. The molecular weight excluding hydrogens is 184 g/mol. The van der Waals surface area contributed by atoms with Gasteiger partial charge in [0.2, 0.25) is 0 Å². The molecule has 0 atom stereocenters. The molecule has 0 aliphatic heterocycles. The van der Waals surface area contributed by atoms with Gasteiger partial charge in [-0.3, -0.25) is 0 Å². The van der Waals surface area contributed by atoms with Gasteiger partial charge >= 0.3 is 0 Å². The first-order valence-corrected chi connectivity index (χ1v) is 5.51. The molecule has 0 saturated heterocycles. The molecular formula is C13H16N2. The van der Waals surface area contributed by atoms with E-state index in [0.717, 1.165) is 5.56 Å². The van der Waals surface area contributed by atoms with Crippen LogP contribution in [0.15, 0.2) is 24.3 Å². The number of nitriles is 1. The van der Waals surface area contributed by atoms with Crippen molar-refractivity contribution < 1.29 is 0 Å². The van der Waals surface area contributed by atoms with Crippen molar-refractivity contribution in [3.05, 3.63) is 35.4 Å². The molecule has 0 amide bonds. The minimum atomic E-state index is 0.146. The molecule has 1 aromatic carbocycles. The van der Waals surface area contributed by atoms with Crippen LogP contribution in [0.3, 0.4) is 0 Å². The van der Waals surface area contributed by atoms with Crippen LogP contribution in [0.4, 0.5) is 0 Å². The van der Waals surface area contributed by atoms with Crippen LogP contribution in [-0.4, -0.2) is 6.54 Å². The summed E-state index contributed by atoms with van der Waals surface area (Å²) in [5.41, 5.74) is 8.05. The molecule has 0 heterocycles. The SMILES string of the molecule is N#Cc1cccc(C2(CN)CCCC2)c1. The Morgan fingerprint density at radius 2 is 2.07 bits per heavy atom. The lowest BCUT2D eigenvalue weighted by Crippen LogP contribution is -2.31. The fraction of sp³-hybridized carbons (Fsp3) is 0.462. The van der Waals surface area contributed by atoms with Gasteiger partial charge in [-0.05, 0) is 30.5 Å². The first-order valence-electron chi connectivity index (χ1n) is 5.51. The molecule has 1 saturated carbocycles. The molecule has 1 aromatic rings. The summed E-state index contributed by atoms with van der Waals surface area (Å²) in [5, 5.41) is 8.88. The monoisotopic (exact) mass is 200 g/mol. The van der Waals surface area contributed by atoms with Gasteiger partial charge in [0, 0.05) is 12.0 Å². The lowest BCUT2D eigenvalue weighted by Gasteiger charge is -2.27. The largest absolute Gasteiger partial charge is 0.330 e. The summed E-state index contributed by atoms with van der Waals surface area (Å²) in [6, 6.07) is 10.1. The molecule has 2 nitrogen and oxygen atoms in total. The van der Waals surface area contributed by atoms with Crippen molar-refractivity contribution in [3.8, 4) is 6.07 Å². The molecule has 0 bridgehead atoms. The van der Waals surface area contributed by atoms with Crippen LogP contribution < -0.4 is 5.73 Å². The Morgan fingerprint density at radius 3 is 2.67 bits per heavy atom. The lowest BCUT2D eigenvalue weighted by atomic mass is 9.78. The molecule has 0 spiro atoms. The van der Waals surface area contributed by atoms with Crippen LogP contribution >= 0.6 is 0 Å². The zero-order chi connectivity index (χ0) is 10.7. The summed E-state index contributed by atoms with van der Waals surface area (Å²) in [5.74, 6) is 0. The standard InChI is InChI=1S/C13H16N2/c14-9-11-4-3-5-12(8-11)13(10-15)6-1-2-7-13/h3-5,8H,1-2,6-7,10,15H2. The van der Waals surface area contributed by atoms with E-state index in [4.69, 9.17) is 11.0 Å². The van der Waals surface area contributed by atoms with Crippen molar-refractivity contribution in [3.63, 3.8) is 0 Å². The molecule has 0 radical (unpaired) electrons. The van der Waals surface area contributed by atoms with Gasteiger partial charge in [-0.1, -0.05) is 25.0 Å². The third-order valence-electron chi connectivity index (χ3n) is 3.56. The Bertz CT molecular complexity index is 384. The third kappa shape index (κ3) is 1.75. The van der Waals surface area contributed by atoms with Crippen molar-refractivity contribution >= 4 is 0 Å². The molecule has 1 aliphatic carbocycles. The van der Waals surface area contributed by atoms with Gasteiger partial charge in [0.15, 0.2) is 0 Å². The first-order chi connectivity index (χ1) is 7.30. The Balaban J connectivity index is 2.39. The van der Waals surface area contributed by atoms with Gasteiger partial charge in [-0.15, -0.1) is 0 Å². The van der Waals surface area contributed by atoms with Gasteiger partial charge in [0.25, 0.3) is 0 Å². The highest BCUT2D eigenvalue weighted by Crippen LogP contribution is 2.40. The predicted octanol–water partition coefficient (Wildman–Crippen LogP) is 2.33. The van der Waals surface area contributed by atoms with Crippen molar-refractivity contribution in [2.45, 2.75) is 31.1 Å². The fourth-order valence-electron chi connectivity index (χ4n) is 2.58. The zero-order valence-corrected chi connectivity index (χ0v) is 8.87. The maximum Gasteiger partial charge on any atom is 0.0991 e. The summed E-state index contributed by atoms with van der Waals surface area (Å²) in [6.45, 7) is 0.696. The molecule has 1 aliphatic rings. The van der Waals surface area contributed by atoms with Crippen LogP contribution in [0.1, 0.15) is 36.8 Å². The minimum absolute atomic E-state index is 0.146. The van der Waals surface area contributed by atoms with Gasteiger partial charge in [-0.25, -0.2) is 0 Å². The topological polar surface area (TPSA) is 49.8 Å². The molecule has 15 heavy (non-hydrogen) atoms. The molecule has 2 rings (SSSR count). The van der Waals surface area contributed by atoms with Gasteiger partial charge < -0.3 is 5.73 Å². The van der Waals surface area contributed by atoms with Crippen LogP contribution in [0.2, 0.25) is 0 Å². The number of benzene rings is 1. The predicted molar refractivity (Wildman–Crippen MR) is 60.4 cm³/mol. The summed E-state index contributed by atoms with van der Waals surface area (Å²) in [6.07, 6.45) is 4.85. The van der Waals surface area contributed by atoms with E-state index in [-0.39, 0.29) is 5.41 Å². The molecule has 2 heteroatoms. The van der Waals surface area contributed by atoms with Crippen LogP contribution in [-0.2, 0) is 5.41 Å². The maximum atomic E-state index is 8.88. The quantitative estimate of drug-likeness (QED) is 0.796. The average Bonchev–Trinajstić information content (AvgIpc) is 2.79. The first kappa shape index (κ1) is 10.2. The van der Waals surface area contributed by atoms with E-state index in [1.54, 1.807) is 0 Å². The number of hydrogen-bond donors (Lipinski definition) is 1. The summed E-state index contributed by atoms with van der Waals surface area (Å²) in [7, 11) is 0. The highest BCUT2D eigenvalue weighted by Gasteiger charge is 2.34. The Morgan fingerprint density at radius 1 is 1.33 bits per heavy atom. The van der Waals surface area contributed by atoms with E-state index >= 15 is 0 Å². The summed E-state index contributed by atoms with van der Waals surface area (Å²) >= 11 is 0. The average molecular weight is 200 g/mol. The van der Waals surface area contributed by atoms with E-state index in [0.29, 0.717) is 6.54 Å². The van der Waals surface area contributed by atoms with Crippen molar-refractivity contribution in [2.75, 3.05) is 6.54 Å². The molecule has 2 N–H and O–H groups in total. The van der Waals surface area contributed by atoms with Gasteiger partial charge in [0.1, 0.15) is 0 Å². The second-order valence-electron chi connectivity index (χ2n) is 4.38. The fourth-order valence-corrected chi connectivity index (χ4v) is 2.58. The Kier molecular flexibility index (Phi) is 2.75. The normalized spacial score (nSPS) is 18.7. The van der Waals surface area contributed by atoms with Crippen LogP contribution in [0, 0.1) is 11.3 Å². The van der Waals surface area contributed by atoms with Gasteiger partial charge in [-0.2, -0.15) is 5.26 Å². The van der Waals surface area contributed by atoms with E-state index in [1.165, 1.54) is 31.2 Å². The third-order valence-corrected chi connectivity index (χ3v) is 3.56.